The molecule has 2 aromatic carbocycles. The predicted octanol–water partition coefficient (Wildman–Crippen LogP) is 5.25. The first-order valence-corrected chi connectivity index (χ1v) is 11.4. The lowest BCUT2D eigenvalue weighted by Gasteiger charge is -2.12. The van der Waals surface area contributed by atoms with Gasteiger partial charge in [-0.3, -0.25) is 14.2 Å². The third-order valence-corrected chi connectivity index (χ3v) is 6.53. The van der Waals surface area contributed by atoms with E-state index in [2.05, 4.69) is 26.2 Å². The largest absolute Gasteiger partial charge is 0.325 e. The molecular weight excluding hydrogens is 470 g/mol. The van der Waals surface area contributed by atoms with Crippen LogP contribution in [0, 0.1) is 6.92 Å². The van der Waals surface area contributed by atoms with Gasteiger partial charge in [-0.05, 0) is 60.3 Å². The highest BCUT2D eigenvalue weighted by atomic mass is 79.9. The fourth-order valence-electron chi connectivity index (χ4n) is 2.84. The molecule has 0 aliphatic carbocycles. The number of anilines is 1. The Bertz CT molecular complexity index is 1250. The van der Waals surface area contributed by atoms with Crippen molar-refractivity contribution in [2.24, 2.45) is 0 Å². The minimum Gasteiger partial charge on any atom is -0.325 e. The molecule has 0 saturated carbocycles. The Morgan fingerprint density at radius 3 is 2.76 bits per heavy atom. The van der Waals surface area contributed by atoms with Crippen molar-refractivity contribution in [3.8, 4) is 5.69 Å². The Morgan fingerprint density at radius 2 is 2.00 bits per heavy atom. The molecule has 29 heavy (non-hydrogen) atoms. The van der Waals surface area contributed by atoms with Crippen LogP contribution in [0.25, 0.3) is 15.9 Å². The summed E-state index contributed by atoms with van der Waals surface area (Å²) in [4.78, 5) is 30.2. The molecular formula is C21H16BrN3O2S2. The maximum Gasteiger partial charge on any atom is 0.276 e. The third-order valence-electron chi connectivity index (χ3n) is 4.17. The van der Waals surface area contributed by atoms with Crippen molar-refractivity contribution in [2.75, 3.05) is 11.1 Å². The second-order valence-electron chi connectivity index (χ2n) is 6.35. The van der Waals surface area contributed by atoms with Crippen molar-refractivity contribution in [3.05, 3.63) is 80.4 Å². The Hall–Kier alpha value is -2.42. The highest BCUT2D eigenvalue weighted by molar-refractivity contribution is 9.10. The number of carbonyl (C=O) groups is 1. The van der Waals surface area contributed by atoms with Crippen LogP contribution in [0.3, 0.4) is 0 Å². The minimum absolute atomic E-state index is 0.119. The number of thiophene rings is 1. The molecule has 2 aromatic heterocycles. The second kappa shape index (κ2) is 8.52. The number of thioether (sulfide) groups is 1. The Kier molecular flexibility index (Phi) is 5.84. The minimum atomic E-state index is -0.159. The highest BCUT2D eigenvalue weighted by Crippen LogP contribution is 2.24. The van der Waals surface area contributed by atoms with Crippen molar-refractivity contribution in [1.82, 2.24) is 9.55 Å². The fraction of sp³-hybridized carbons (Fsp3) is 0.0952. The van der Waals surface area contributed by atoms with Crippen LogP contribution in [-0.2, 0) is 4.79 Å². The van der Waals surface area contributed by atoms with Crippen molar-refractivity contribution in [3.63, 3.8) is 0 Å². The van der Waals surface area contributed by atoms with Crippen LogP contribution in [0.15, 0.2) is 74.4 Å². The SMILES string of the molecule is Cc1cccc(-n2c(SCC(=O)Nc3ccc(Br)cc3)nc3ccsc3c2=O)c1. The van der Waals surface area contributed by atoms with E-state index >= 15 is 0 Å². The van der Waals surface area contributed by atoms with Crippen LogP contribution in [0.4, 0.5) is 5.69 Å². The average Bonchev–Trinajstić information content (AvgIpc) is 3.17. The lowest BCUT2D eigenvalue weighted by Crippen LogP contribution is -2.22. The number of rotatable bonds is 5. The topological polar surface area (TPSA) is 64.0 Å². The zero-order valence-corrected chi connectivity index (χ0v) is 18.6. The number of halogens is 1. The number of hydrogen-bond donors (Lipinski definition) is 1. The first-order valence-electron chi connectivity index (χ1n) is 8.77. The molecule has 5 nitrogen and oxygen atoms in total. The number of aromatic nitrogens is 2. The molecule has 1 N–H and O–H groups in total. The van der Waals surface area contributed by atoms with Crippen LogP contribution in [0.2, 0.25) is 0 Å². The van der Waals surface area contributed by atoms with Gasteiger partial charge in [0.25, 0.3) is 5.56 Å². The van der Waals surface area contributed by atoms with Crippen molar-refractivity contribution in [2.45, 2.75) is 12.1 Å². The smallest absolute Gasteiger partial charge is 0.276 e. The Balaban J connectivity index is 1.64. The molecule has 0 saturated heterocycles. The van der Waals surface area contributed by atoms with E-state index in [1.807, 2.05) is 66.9 Å². The van der Waals surface area contributed by atoms with Gasteiger partial charge < -0.3 is 5.32 Å². The third kappa shape index (κ3) is 4.44. The summed E-state index contributed by atoms with van der Waals surface area (Å²) >= 11 is 6.00. The van der Waals surface area contributed by atoms with Gasteiger partial charge in [-0.1, -0.05) is 39.8 Å². The summed E-state index contributed by atoms with van der Waals surface area (Å²) < 4.78 is 3.14. The number of aryl methyl sites for hydroxylation is 1. The number of fused-ring (bicyclic) bond motifs is 1. The Morgan fingerprint density at radius 1 is 1.21 bits per heavy atom. The highest BCUT2D eigenvalue weighted by Gasteiger charge is 2.16. The molecule has 0 aliphatic rings. The van der Waals surface area contributed by atoms with Crippen molar-refractivity contribution >= 4 is 60.8 Å². The van der Waals surface area contributed by atoms with E-state index in [-0.39, 0.29) is 17.2 Å². The number of carbonyl (C=O) groups excluding carboxylic acids is 1. The summed E-state index contributed by atoms with van der Waals surface area (Å²) in [5, 5.41) is 5.21. The maximum absolute atomic E-state index is 13.1. The summed E-state index contributed by atoms with van der Waals surface area (Å²) in [6.45, 7) is 1.98. The fourth-order valence-corrected chi connectivity index (χ4v) is 4.68. The standard InChI is InChI=1S/C21H16BrN3O2S2/c1-13-3-2-4-16(11-13)25-20(27)19-17(9-10-28-19)24-21(25)29-12-18(26)23-15-7-5-14(22)6-8-15/h2-11H,12H2,1H3,(H,23,26). The molecule has 0 radical (unpaired) electrons. The van der Waals surface area contributed by atoms with E-state index < -0.39 is 0 Å². The molecule has 0 spiro atoms. The van der Waals surface area contributed by atoms with Gasteiger partial charge in [-0.25, -0.2) is 4.98 Å². The number of hydrogen-bond acceptors (Lipinski definition) is 5. The zero-order valence-electron chi connectivity index (χ0n) is 15.4. The molecule has 8 heteroatoms. The van der Waals surface area contributed by atoms with Crippen LogP contribution < -0.4 is 10.9 Å². The van der Waals surface area contributed by atoms with E-state index in [0.29, 0.717) is 15.4 Å². The van der Waals surface area contributed by atoms with E-state index in [9.17, 15) is 9.59 Å². The van der Waals surface area contributed by atoms with Gasteiger partial charge >= 0.3 is 0 Å². The van der Waals surface area contributed by atoms with E-state index in [1.54, 1.807) is 4.57 Å². The summed E-state index contributed by atoms with van der Waals surface area (Å²) in [6, 6.07) is 16.9. The quantitative estimate of drug-likeness (QED) is 0.309. The molecule has 4 rings (SSSR count). The molecule has 4 aromatic rings. The van der Waals surface area contributed by atoms with Gasteiger partial charge in [-0.15, -0.1) is 11.3 Å². The summed E-state index contributed by atoms with van der Waals surface area (Å²) in [5.41, 5.74) is 3.04. The molecule has 0 fully saturated rings. The second-order valence-corrected chi connectivity index (χ2v) is 9.13. The maximum atomic E-state index is 13.1. The van der Waals surface area contributed by atoms with Gasteiger partial charge in [0.15, 0.2) is 5.16 Å². The van der Waals surface area contributed by atoms with Gasteiger partial charge in [0.2, 0.25) is 5.91 Å². The molecule has 1 amide bonds. The number of nitrogens with zero attached hydrogens (tertiary/aromatic N) is 2. The van der Waals surface area contributed by atoms with Crippen LogP contribution in [0.5, 0.6) is 0 Å². The lowest BCUT2D eigenvalue weighted by molar-refractivity contribution is -0.113. The lowest BCUT2D eigenvalue weighted by atomic mass is 10.2. The first kappa shape index (κ1) is 19.9. The molecule has 0 unspecified atom stereocenters. The normalized spacial score (nSPS) is 11.0. The molecule has 146 valence electrons. The summed E-state index contributed by atoms with van der Waals surface area (Å²) in [5.74, 6) is -0.0166. The zero-order chi connectivity index (χ0) is 20.4. The van der Waals surface area contributed by atoms with Gasteiger partial charge in [-0.2, -0.15) is 0 Å². The van der Waals surface area contributed by atoms with Gasteiger partial charge in [0.05, 0.1) is 17.0 Å². The summed E-state index contributed by atoms with van der Waals surface area (Å²) in [6.07, 6.45) is 0. The molecule has 0 atom stereocenters. The van der Waals surface area contributed by atoms with Crippen LogP contribution in [0.1, 0.15) is 5.56 Å². The van der Waals surface area contributed by atoms with Crippen LogP contribution in [-0.4, -0.2) is 21.2 Å². The molecule has 2 heterocycles. The van der Waals surface area contributed by atoms with Gasteiger partial charge in [0, 0.05) is 10.2 Å². The predicted molar refractivity (Wildman–Crippen MR) is 123 cm³/mol. The molecule has 0 aliphatic heterocycles. The number of nitrogens with one attached hydrogen (secondary N) is 1. The summed E-state index contributed by atoms with van der Waals surface area (Å²) in [7, 11) is 0. The van der Waals surface area contributed by atoms with Gasteiger partial charge in [0.1, 0.15) is 4.70 Å². The monoisotopic (exact) mass is 485 g/mol. The van der Waals surface area contributed by atoms with Crippen molar-refractivity contribution < 1.29 is 4.79 Å². The number of benzene rings is 2. The Labute approximate surface area is 183 Å². The van der Waals surface area contributed by atoms with E-state index in [4.69, 9.17) is 0 Å². The van der Waals surface area contributed by atoms with E-state index in [1.165, 1.54) is 23.1 Å². The molecule has 0 bridgehead atoms. The number of amides is 1. The first-order chi connectivity index (χ1) is 14.0. The van der Waals surface area contributed by atoms with E-state index in [0.717, 1.165) is 21.4 Å². The average molecular weight is 486 g/mol. The van der Waals surface area contributed by atoms with Crippen LogP contribution >= 0.6 is 39.0 Å². The van der Waals surface area contributed by atoms with Crippen molar-refractivity contribution in [1.29, 1.82) is 0 Å².